The van der Waals surface area contributed by atoms with Gasteiger partial charge in [-0.15, -0.1) is 0 Å². The van der Waals surface area contributed by atoms with Gasteiger partial charge >= 0.3 is 5.97 Å². The van der Waals surface area contributed by atoms with Crippen molar-refractivity contribution in [3.8, 4) is 17.0 Å². The SMILES string of the molecule is CCOC(=O)CN1CCCc2nc(-c3ccc(OC)cc3)ccc21. The molecule has 0 saturated heterocycles. The fourth-order valence-corrected chi connectivity index (χ4v) is 2.97. The molecule has 0 fully saturated rings. The van der Waals surface area contributed by atoms with Crippen molar-refractivity contribution in [3.63, 3.8) is 0 Å². The lowest BCUT2D eigenvalue weighted by molar-refractivity contribution is -0.141. The summed E-state index contributed by atoms with van der Waals surface area (Å²) in [6.07, 6.45) is 1.92. The number of carbonyl (C=O) groups excluding carboxylic acids is 1. The molecule has 1 aliphatic rings. The Balaban J connectivity index is 1.83. The molecule has 0 spiro atoms. The fourth-order valence-electron chi connectivity index (χ4n) is 2.97. The summed E-state index contributed by atoms with van der Waals surface area (Å²) in [7, 11) is 1.66. The molecule has 0 N–H and O–H groups in total. The maximum Gasteiger partial charge on any atom is 0.325 e. The van der Waals surface area contributed by atoms with Crippen LogP contribution in [-0.4, -0.2) is 37.8 Å². The highest BCUT2D eigenvalue weighted by Crippen LogP contribution is 2.29. The van der Waals surface area contributed by atoms with Crippen LogP contribution in [0.5, 0.6) is 5.75 Å². The lowest BCUT2D eigenvalue weighted by Crippen LogP contribution is -2.35. The average Bonchev–Trinajstić information content (AvgIpc) is 2.62. The van der Waals surface area contributed by atoms with Crippen LogP contribution >= 0.6 is 0 Å². The fraction of sp³-hybridized carbons (Fsp3) is 0.368. The third-order valence-electron chi connectivity index (χ3n) is 4.14. The number of nitrogens with zero attached hydrogens (tertiary/aromatic N) is 2. The first-order valence-corrected chi connectivity index (χ1v) is 8.26. The van der Waals surface area contributed by atoms with Gasteiger partial charge in [-0.1, -0.05) is 0 Å². The van der Waals surface area contributed by atoms with E-state index in [9.17, 15) is 4.79 Å². The van der Waals surface area contributed by atoms with E-state index in [1.807, 2.05) is 37.3 Å². The van der Waals surface area contributed by atoms with Crippen LogP contribution < -0.4 is 9.64 Å². The molecule has 0 amide bonds. The summed E-state index contributed by atoms with van der Waals surface area (Å²) in [6.45, 7) is 3.37. The highest BCUT2D eigenvalue weighted by Gasteiger charge is 2.21. The quantitative estimate of drug-likeness (QED) is 0.790. The van der Waals surface area contributed by atoms with Gasteiger partial charge in [-0.3, -0.25) is 9.78 Å². The topological polar surface area (TPSA) is 51.7 Å². The minimum atomic E-state index is -0.190. The van der Waals surface area contributed by atoms with E-state index in [-0.39, 0.29) is 12.5 Å². The number of ether oxygens (including phenoxy) is 2. The molecule has 2 heterocycles. The molecule has 126 valence electrons. The number of aromatic nitrogens is 1. The lowest BCUT2D eigenvalue weighted by atomic mass is 10.0. The van der Waals surface area contributed by atoms with Crippen LogP contribution in [0.2, 0.25) is 0 Å². The molecule has 0 saturated carbocycles. The number of pyridine rings is 1. The predicted molar refractivity (Wildman–Crippen MR) is 93.4 cm³/mol. The van der Waals surface area contributed by atoms with Crippen molar-refractivity contribution in [3.05, 3.63) is 42.1 Å². The molecule has 2 aromatic rings. The van der Waals surface area contributed by atoms with Gasteiger partial charge in [-0.2, -0.15) is 0 Å². The summed E-state index contributed by atoms with van der Waals surface area (Å²) >= 11 is 0. The first kappa shape index (κ1) is 16.3. The Morgan fingerprint density at radius 1 is 1.21 bits per heavy atom. The van der Waals surface area contributed by atoms with E-state index in [2.05, 4.69) is 11.0 Å². The Kier molecular flexibility index (Phi) is 4.99. The van der Waals surface area contributed by atoms with Gasteiger partial charge in [0, 0.05) is 12.1 Å². The predicted octanol–water partition coefficient (Wildman–Crippen LogP) is 3.07. The molecule has 5 nitrogen and oxygen atoms in total. The molecule has 0 aliphatic carbocycles. The standard InChI is InChI=1S/C19H22N2O3/c1-3-24-19(22)13-21-12-4-5-17-18(21)11-10-16(20-17)14-6-8-15(23-2)9-7-14/h6-11H,3-5,12-13H2,1-2H3. The summed E-state index contributed by atoms with van der Waals surface area (Å²) in [4.78, 5) is 18.6. The second-order valence-electron chi connectivity index (χ2n) is 5.72. The average molecular weight is 326 g/mol. The number of esters is 1. The Bertz CT molecular complexity index is 713. The van der Waals surface area contributed by atoms with Gasteiger partial charge < -0.3 is 14.4 Å². The Labute approximate surface area is 142 Å². The Morgan fingerprint density at radius 3 is 2.71 bits per heavy atom. The minimum absolute atomic E-state index is 0.190. The number of hydrogen-bond acceptors (Lipinski definition) is 5. The number of benzene rings is 1. The molecular weight excluding hydrogens is 304 g/mol. The number of aryl methyl sites for hydroxylation is 1. The summed E-state index contributed by atoms with van der Waals surface area (Å²) in [5.74, 6) is 0.641. The summed E-state index contributed by atoms with van der Waals surface area (Å²) in [5.41, 5.74) is 4.07. The Morgan fingerprint density at radius 2 is 2.00 bits per heavy atom. The third kappa shape index (κ3) is 3.50. The highest BCUT2D eigenvalue weighted by molar-refractivity contribution is 5.77. The van der Waals surface area contributed by atoms with E-state index in [1.165, 1.54) is 0 Å². The molecular formula is C19H22N2O3. The molecule has 1 aromatic carbocycles. The van der Waals surface area contributed by atoms with E-state index in [1.54, 1.807) is 7.11 Å². The smallest absolute Gasteiger partial charge is 0.325 e. The van der Waals surface area contributed by atoms with Crippen LogP contribution in [0.1, 0.15) is 19.0 Å². The van der Waals surface area contributed by atoms with Gasteiger partial charge in [0.25, 0.3) is 0 Å². The van der Waals surface area contributed by atoms with Crippen molar-refractivity contribution in [2.24, 2.45) is 0 Å². The van der Waals surface area contributed by atoms with Gasteiger partial charge in [-0.25, -0.2) is 0 Å². The second-order valence-corrected chi connectivity index (χ2v) is 5.72. The molecule has 0 bridgehead atoms. The van der Waals surface area contributed by atoms with Crippen molar-refractivity contribution in [2.45, 2.75) is 19.8 Å². The van der Waals surface area contributed by atoms with Crippen LogP contribution in [0.25, 0.3) is 11.3 Å². The third-order valence-corrected chi connectivity index (χ3v) is 4.14. The van der Waals surface area contributed by atoms with Gasteiger partial charge in [0.2, 0.25) is 0 Å². The molecule has 0 unspecified atom stereocenters. The molecule has 24 heavy (non-hydrogen) atoms. The molecule has 3 rings (SSSR count). The van der Waals surface area contributed by atoms with Gasteiger partial charge in [0.05, 0.1) is 30.8 Å². The molecule has 1 aliphatic heterocycles. The van der Waals surface area contributed by atoms with Crippen molar-refractivity contribution in [2.75, 3.05) is 31.7 Å². The zero-order chi connectivity index (χ0) is 16.9. The van der Waals surface area contributed by atoms with Gasteiger partial charge in [0.1, 0.15) is 12.3 Å². The van der Waals surface area contributed by atoms with E-state index in [0.717, 1.165) is 47.8 Å². The van der Waals surface area contributed by atoms with Crippen LogP contribution in [-0.2, 0) is 16.0 Å². The number of carbonyl (C=O) groups is 1. The van der Waals surface area contributed by atoms with Crippen LogP contribution in [0.15, 0.2) is 36.4 Å². The summed E-state index contributed by atoms with van der Waals surface area (Å²) in [6, 6.07) is 11.9. The largest absolute Gasteiger partial charge is 0.497 e. The number of hydrogen-bond donors (Lipinski definition) is 0. The van der Waals surface area contributed by atoms with Crippen molar-refractivity contribution >= 4 is 11.7 Å². The zero-order valence-electron chi connectivity index (χ0n) is 14.1. The monoisotopic (exact) mass is 326 g/mol. The molecule has 0 radical (unpaired) electrons. The number of fused-ring (bicyclic) bond motifs is 1. The maximum atomic E-state index is 11.8. The Hall–Kier alpha value is -2.56. The van der Waals surface area contributed by atoms with Crippen LogP contribution in [0.4, 0.5) is 5.69 Å². The van der Waals surface area contributed by atoms with Crippen molar-refractivity contribution < 1.29 is 14.3 Å². The van der Waals surface area contributed by atoms with Gasteiger partial charge in [0.15, 0.2) is 0 Å². The summed E-state index contributed by atoms with van der Waals surface area (Å²) < 4.78 is 10.3. The molecule has 5 heteroatoms. The highest BCUT2D eigenvalue weighted by atomic mass is 16.5. The molecule has 1 aromatic heterocycles. The lowest BCUT2D eigenvalue weighted by Gasteiger charge is -2.30. The van der Waals surface area contributed by atoms with E-state index in [4.69, 9.17) is 14.5 Å². The van der Waals surface area contributed by atoms with E-state index >= 15 is 0 Å². The van der Waals surface area contributed by atoms with E-state index < -0.39 is 0 Å². The van der Waals surface area contributed by atoms with Gasteiger partial charge in [-0.05, 0) is 56.2 Å². The van der Waals surface area contributed by atoms with Crippen LogP contribution in [0, 0.1) is 0 Å². The minimum Gasteiger partial charge on any atom is -0.497 e. The number of anilines is 1. The van der Waals surface area contributed by atoms with Crippen LogP contribution in [0.3, 0.4) is 0 Å². The second kappa shape index (κ2) is 7.34. The van der Waals surface area contributed by atoms with Crippen molar-refractivity contribution in [1.29, 1.82) is 0 Å². The normalized spacial score (nSPS) is 13.3. The first-order chi connectivity index (χ1) is 11.7. The maximum absolute atomic E-state index is 11.8. The van der Waals surface area contributed by atoms with Crippen molar-refractivity contribution in [1.82, 2.24) is 4.98 Å². The molecule has 0 atom stereocenters. The first-order valence-electron chi connectivity index (χ1n) is 8.26. The zero-order valence-corrected chi connectivity index (χ0v) is 14.1. The number of rotatable bonds is 5. The summed E-state index contributed by atoms with van der Waals surface area (Å²) in [5, 5.41) is 0. The number of methoxy groups -OCH3 is 1. The van der Waals surface area contributed by atoms with E-state index in [0.29, 0.717) is 6.61 Å².